The summed E-state index contributed by atoms with van der Waals surface area (Å²) in [7, 11) is 0. The van der Waals surface area contributed by atoms with Crippen LogP contribution in [-0.2, 0) is 6.54 Å². The highest BCUT2D eigenvalue weighted by Crippen LogP contribution is 2.27. The summed E-state index contributed by atoms with van der Waals surface area (Å²) in [5.41, 5.74) is 10.8. The first-order valence-electron chi connectivity index (χ1n) is 6.08. The third-order valence-corrected chi connectivity index (χ3v) is 3.61. The first-order valence-corrected chi connectivity index (χ1v) is 6.46. The van der Waals surface area contributed by atoms with E-state index in [9.17, 15) is 0 Å². The van der Waals surface area contributed by atoms with Crippen LogP contribution in [0, 0.1) is 13.8 Å². The van der Waals surface area contributed by atoms with Gasteiger partial charge in [-0.3, -0.25) is 4.68 Å². The molecule has 0 saturated heterocycles. The van der Waals surface area contributed by atoms with Gasteiger partial charge in [0.25, 0.3) is 0 Å². The largest absolute Gasteiger partial charge is 0.319 e. The Bertz CT molecular complexity index is 560. The molecule has 2 rings (SSSR count). The lowest BCUT2D eigenvalue weighted by Crippen LogP contribution is -2.17. The van der Waals surface area contributed by atoms with Gasteiger partial charge in [-0.1, -0.05) is 29.8 Å². The lowest BCUT2D eigenvalue weighted by molar-refractivity contribution is 0.601. The van der Waals surface area contributed by atoms with Gasteiger partial charge < -0.3 is 5.73 Å². The number of rotatable bonds is 3. The third-order valence-electron chi connectivity index (χ3n) is 3.32. The fourth-order valence-corrected chi connectivity index (χ4v) is 2.31. The number of hydrogen-bond acceptors (Lipinski definition) is 2. The number of aryl methyl sites for hydroxylation is 3. The maximum absolute atomic E-state index is 6.31. The molecule has 0 amide bonds. The highest BCUT2D eigenvalue weighted by Gasteiger charge is 2.18. The standard InChI is InChI=1S/C14H18ClN3/c1-4-18-14(12(15)8-17-18)13(16)11-6-5-9(2)10(3)7-11/h5-8,13H,4,16H2,1-3H3. The smallest absolute Gasteiger partial charge is 0.0837 e. The van der Waals surface area contributed by atoms with Gasteiger partial charge >= 0.3 is 0 Å². The van der Waals surface area contributed by atoms with Crippen LogP contribution in [-0.4, -0.2) is 9.78 Å². The van der Waals surface area contributed by atoms with E-state index >= 15 is 0 Å². The molecule has 18 heavy (non-hydrogen) atoms. The monoisotopic (exact) mass is 263 g/mol. The maximum atomic E-state index is 6.31. The number of nitrogens with zero attached hydrogens (tertiary/aromatic N) is 2. The van der Waals surface area contributed by atoms with Crippen LogP contribution in [0.2, 0.25) is 5.02 Å². The van der Waals surface area contributed by atoms with Crippen LogP contribution in [0.3, 0.4) is 0 Å². The zero-order chi connectivity index (χ0) is 13.3. The van der Waals surface area contributed by atoms with E-state index in [1.807, 2.05) is 11.6 Å². The molecule has 0 spiro atoms. The quantitative estimate of drug-likeness (QED) is 0.924. The van der Waals surface area contributed by atoms with Crippen LogP contribution in [0.5, 0.6) is 0 Å². The van der Waals surface area contributed by atoms with Crippen molar-refractivity contribution in [3.05, 3.63) is 51.8 Å². The summed E-state index contributed by atoms with van der Waals surface area (Å²) < 4.78 is 1.85. The van der Waals surface area contributed by atoms with Gasteiger partial charge in [0.05, 0.1) is 23.0 Å². The summed E-state index contributed by atoms with van der Waals surface area (Å²) in [6.07, 6.45) is 1.65. The maximum Gasteiger partial charge on any atom is 0.0837 e. The lowest BCUT2D eigenvalue weighted by Gasteiger charge is -2.16. The molecule has 2 aromatic rings. The van der Waals surface area contributed by atoms with Crippen LogP contribution in [0.1, 0.15) is 35.3 Å². The highest BCUT2D eigenvalue weighted by molar-refractivity contribution is 6.31. The SMILES string of the molecule is CCn1ncc(Cl)c1C(N)c1ccc(C)c(C)c1. The number of nitrogens with two attached hydrogens (primary N) is 1. The normalized spacial score (nSPS) is 12.7. The van der Waals surface area contributed by atoms with Crippen LogP contribution < -0.4 is 5.73 Å². The van der Waals surface area contributed by atoms with Gasteiger partial charge in [0, 0.05) is 6.54 Å². The molecule has 1 aromatic carbocycles. The fourth-order valence-electron chi connectivity index (χ4n) is 2.05. The van der Waals surface area contributed by atoms with Gasteiger partial charge in [-0.2, -0.15) is 5.10 Å². The summed E-state index contributed by atoms with van der Waals surface area (Å²) in [6.45, 7) is 6.97. The summed E-state index contributed by atoms with van der Waals surface area (Å²) in [5, 5.41) is 4.85. The van der Waals surface area contributed by atoms with E-state index in [1.54, 1.807) is 6.20 Å². The number of aromatic nitrogens is 2. The van der Waals surface area contributed by atoms with Crippen molar-refractivity contribution in [2.24, 2.45) is 5.73 Å². The molecular weight excluding hydrogens is 246 g/mol. The van der Waals surface area contributed by atoms with E-state index in [0.717, 1.165) is 17.8 Å². The van der Waals surface area contributed by atoms with Gasteiger partial charge in [0.15, 0.2) is 0 Å². The van der Waals surface area contributed by atoms with E-state index < -0.39 is 0 Å². The van der Waals surface area contributed by atoms with Crippen molar-refractivity contribution in [2.45, 2.75) is 33.4 Å². The molecule has 1 atom stereocenters. The molecule has 0 aliphatic carbocycles. The van der Waals surface area contributed by atoms with Gasteiger partial charge in [0.2, 0.25) is 0 Å². The number of benzene rings is 1. The minimum atomic E-state index is -0.237. The van der Waals surface area contributed by atoms with E-state index in [0.29, 0.717) is 5.02 Å². The molecule has 4 heteroatoms. The van der Waals surface area contributed by atoms with E-state index in [2.05, 4.69) is 37.1 Å². The third kappa shape index (κ3) is 2.28. The summed E-state index contributed by atoms with van der Waals surface area (Å²) in [6, 6.07) is 6.02. The van der Waals surface area contributed by atoms with E-state index in [-0.39, 0.29) is 6.04 Å². The summed E-state index contributed by atoms with van der Waals surface area (Å²) >= 11 is 6.18. The van der Waals surface area contributed by atoms with Crippen molar-refractivity contribution in [1.29, 1.82) is 0 Å². The summed E-state index contributed by atoms with van der Waals surface area (Å²) in [5.74, 6) is 0. The minimum absolute atomic E-state index is 0.237. The Morgan fingerprint density at radius 3 is 2.67 bits per heavy atom. The molecule has 0 radical (unpaired) electrons. The zero-order valence-electron chi connectivity index (χ0n) is 10.9. The highest BCUT2D eigenvalue weighted by atomic mass is 35.5. The molecule has 2 N–H and O–H groups in total. The van der Waals surface area contributed by atoms with Crippen molar-refractivity contribution >= 4 is 11.6 Å². The van der Waals surface area contributed by atoms with E-state index in [4.69, 9.17) is 17.3 Å². The second-order valence-electron chi connectivity index (χ2n) is 4.51. The minimum Gasteiger partial charge on any atom is -0.319 e. The predicted molar refractivity (Wildman–Crippen MR) is 74.9 cm³/mol. The van der Waals surface area contributed by atoms with Gasteiger partial charge in [-0.25, -0.2) is 0 Å². The second-order valence-corrected chi connectivity index (χ2v) is 4.92. The van der Waals surface area contributed by atoms with Crippen molar-refractivity contribution < 1.29 is 0 Å². The van der Waals surface area contributed by atoms with Crippen LogP contribution in [0.4, 0.5) is 0 Å². The molecule has 1 unspecified atom stereocenters. The Morgan fingerprint density at radius 2 is 2.06 bits per heavy atom. The zero-order valence-corrected chi connectivity index (χ0v) is 11.7. The molecule has 0 bridgehead atoms. The van der Waals surface area contributed by atoms with Gasteiger partial charge in [-0.05, 0) is 37.5 Å². The van der Waals surface area contributed by atoms with Crippen molar-refractivity contribution in [1.82, 2.24) is 9.78 Å². The Morgan fingerprint density at radius 1 is 1.33 bits per heavy atom. The molecule has 3 nitrogen and oxygen atoms in total. The molecule has 1 heterocycles. The van der Waals surface area contributed by atoms with E-state index in [1.165, 1.54) is 11.1 Å². The lowest BCUT2D eigenvalue weighted by atomic mass is 9.99. The topological polar surface area (TPSA) is 43.8 Å². The van der Waals surface area contributed by atoms with Crippen LogP contribution >= 0.6 is 11.6 Å². The average Bonchev–Trinajstić information content (AvgIpc) is 2.73. The first-order chi connectivity index (χ1) is 8.54. The molecule has 0 saturated carbocycles. The fraction of sp³-hybridized carbons (Fsp3) is 0.357. The number of halogens is 1. The van der Waals surface area contributed by atoms with Crippen LogP contribution in [0.25, 0.3) is 0 Å². The van der Waals surface area contributed by atoms with Gasteiger partial charge in [0.1, 0.15) is 0 Å². The number of hydrogen-bond donors (Lipinski definition) is 1. The second kappa shape index (κ2) is 5.12. The molecule has 0 aliphatic rings. The molecule has 1 aromatic heterocycles. The summed E-state index contributed by atoms with van der Waals surface area (Å²) in [4.78, 5) is 0. The van der Waals surface area contributed by atoms with Crippen molar-refractivity contribution in [3.63, 3.8) is 0 Å². The average molecular weight is 264 g/mol. The predicted octanol–water partition coefficient (Wildman–Crippen LogP) is 3.22. The van der Waals surface area contributed by atoms with Gasteiger partial charge in [-0.15, -0.1) is 0 Å². The Kier molecular flexibility index (Phi) is 3.73. The molecule has 0 aliphatic heterocycles. The first kappa shape index (κ1) is 13.1. The molecule has 0 fully saturated rings. The Labute approximate surface area is 113 Å². The molecule has 96 valence electrons. The van der Waals surface area contributed by atoms with Crippen molar-refractivity contribution in [2.75, 3.05) is 0 Å². The Balaban J connectivity index is 2.44. The van der Waals surface area contributed by atoms with Crippen molar-refractivity contribution in [3.8, 4) is 0 Å². The Hall–Kier alpha value is -1.32. The molecular formula is C14H18ClN3. The van der Waals surface area contributed by atoms with Crippen LogP contribution in [0.15, 0.2) is 24.4 Å².